The van der Waals surface area contributed by atoms with Crippen LogP contribution in [0.25, 0.3) is 11.1 Å². The zero-order valence-corrected chi connectivity index (χ0v) is 17.3. The quantitative estimate of drug-likeness (QED) is 0.619. The van der Waals surface area contributed by atoms with E-state index < -0.39 is 10.0 Å². The van der Waals surface area contributed by atoms with Gasteiger partial charge in [0.1, 0.15) is 0 Å². The minimum atomic E-state index is -3.53. The molecule has 0 radical (unpaired) electrons. The molecule has 0 aliphatic carbocycles. The lowest BCUT2D eigenvalue weighted by atomic mass is 10.1. The number of carbonyl (C=O) groups excluding carboxylic acids is 1. The standard InChI is InChI=1S/C23H24N2O3S/c1-3-25(4-2)29(27,28)22-16-12-20(13-17-22)23(26)24-21-14-10-19(11-15-21)18-8-6-5-7-9-18/h5-17H,3-4H2,1-2H3,(H,24,26). The normalized spacial score (nSPS) is 11.4. The topological polar surface area (TPSA) is 66.5 Å². The molecule has 0 aliphatic rings. The van der Waals surface area contributed by atoms with Crippen molar-refractivity contribution in [3.63, 3.8) is 0 Å². The number of hydrogen-bond acceptors (Lipinski definition) is 3. The largest absolute Gasteiger partial charge is 0.322 e. The average molecular weight is 409 g/mol. The van der Waals surface area contributed by atoms with Crippen LogP contribution in [0.1, 0.15) is 24.2 Å². The molecule has 150 valence electrons. The van der Waals surface area contributed by atoms with Gasteiger partial charge in [0.25, 0.3) is 5.91 Å². The summed E-state index contributed by atoms with van der Waals surface area (Å²) in [6.45, 7) is 4.40. The van der Waals surface area contributed by atoms with E-state index >= 15 is 0 Å². The molecular weight excluding hydrogens is 384 g/mol. The van der Waals surface area contributed by atoms with Crippen molar-refractivity contribution in [1.29, 1.82) is 0 Å². The van der Waals surface area contributed by atoms with Gasteiger partial charge in [0.2, 0.25) is 10.0 Å². The number of carbonyl (C=O) groups is 1. The molecular formula is C23H24N2O3S. The fraction of sp³-hybridized carbons (Fsp3) is 0.174. The van der Waals surface area contributed by atoms with Gasteiger partial charge >= 0.3 is 0 Å². The molecule has 1 amide bonds. The molecule has 0 atom stereocenters. The number of benzene rings is 3. The average Bonchev–Trinajstić information content (AvgIpc) is 2.75. The zero-order valence-electron chi connectivity index (χ0n) is 16.5. The molecule has 3 aromatic carbocycles. The van der Waals surface area contributed by atoms with Crippen LogP contribution in [0.3, 0.4) is 0 Å². The zero-order chi connectivity index (χ0) is 20.9. The number of sulfonamides is 1. The molecule has 3 rings (SSSR count). The first kappa shape index (κ1) is 20.8. The lowest BCUT2D eigenvalue weighted by Crippen LogP contribution is -2.30. The Hall–Kier alpha value is -2.96. The summed E-state index contributed by atoms with van der Waals surface area (Å²) >= 11 is 0. The maximum atomic E-state index is 12.5. The van der Waals surface area contributed by atoms with Crippen LogP contribution in [0, 0.1) is 0 Å². The van der Waals surface area contributed by atoms with Gasteiger partial charge in [0.05, 0.1) is 4.90 Å². The summed E-state index contributed by atoms with van der Waals surface area (Å²) in [7, 11) is -3.53. The number of nitrogens with one attached hydrogen (secondary N) is 1. The Morgan fingerprint density at radius 3 is 1.90 bits per heavy atom. The van der Waals surface area contributed by atoms with Crippen LogP contribution in [0.15, 0.2) is 83.8 Å². The van der Waals surface area contributed by atoms with Gasteiger partial charge in [-0.3, -0.25) is 4.79 Å². The number of rotatable bonds is 7. The first-order valence-corrected chi connectivity index (χ1v) is 11.0. The number of nitrogens with zero attached hydrogens (tertiary/aromatic N) is 1. The molecule has 0 bridgehead atoms. The lowest BCUT2D eigenvalue weighted by Gasteiger charge is -2.18. The Morgan fingerprint density at radius 2 is 1.34 bits per heavy atom. The summed E-state index contributed by atoms with van der Waals surface area (Å²) in [6, 6.07) is 23.6. The minimum Gasteiger partial charge on any atom is -0.322 e. The molecule has 0 spiro atoms. The monoisotopic (exact) mass is 408 g/mol. The maximum Gasteiger partial charge on any atom is 0.255 e. The molecule has 0 unspecified atom stereocenters. The molecule has 0 saturated heterocycles. The second kappa shape index (κ2) is 9.03. The Bertz CT molecular complexity index is 1060. The third-order valence-corrected chi connectivity index (χ3v) is 6.77. The summed E-state index contributed by atoms with van der Waals surface area (Å²) < 4.78 is 26.5. The van der Waals surface area contributed by atoms with Gasteiger partial charge in [-0.25, -0.2) is 8.42 Å². The highest BCUT2D eigenvalue weighted by atomic mass is 32.2. The molecule has 0 fully saturated rings. The van der Waals surface area contributed by atoms with Crippen LogP contribution in [-0.2, 0) is 10.0 Å². The van der Waals surface area contributed by atoms with Crippen molar-refractivity contribution in [2.45, 2.75) is 18.7 Å². The van der Waals surface area contributed by atoms with Crippen LogP contribution in [0.5, 0.6) is 0 Å². The van der Waals surface area contributed by atoms with Crippen LogP contribution in [-0.4, -0.2) is 31.7 Å². The van der Waals surface area contributed by atoms with Crippen LogP contribution in [0.2, 0.25) is 0 Å². The van der Waals surface area contributed by atoms with E-state index in [1.807, 2.05) is 54.6 Å². The Kier molecular flexibility index (Phi) is 6.46. The van der Waals surface area contributed by atoms with E-state index in [1.54, 1.807) is 13.8 Å². The number of anilines is 1. The first-order valence-electron chi connectivity index (χ1n) is 9.52. The Labute approximate surface area is 172 Å². The molecule has 5 nitrogen and oxygen atoms in total. The van der Waals surface area contributed by atoms with E-state index in [0.29, 0.717) is 24.3 Å². The first-order chi connectivity index (χ1) is 14.0. The van der Waals surface area contributed by atoms with Gasteiger partial charge in [-0.2, -0.15) is 4.31 Å². The van der Waals surface area contributed by atoms with E-state index in [1.165, 1.54) is 28.6 Å². The van der Waals surface area contributed by atoms with Gasteiger partial charge in [0, 0.05) is 24.3 Å². The summed E-state index contributed by atoms with van der Waals surface area (Å²) in [5, 5.41) is 2.84. The molecule has 6 heteroatoms. The van der Waals surface area contributed by atoms with Gasteiger partial charge in [-0.05, 0) is 47.5 Å². The Morgan fingerprint density at radius 1 is 0.793 bits per heavy atom. The number of hydrogen-bond donors (Lipinski definition) is 1. The van der Waals surface area contributed by atoms with Crippen molar-refractivity contribution in [2.75, 3.05) is 18.4 Å². The third-order valence-electron chi connectivity index (χ3n) is 4.71. The predicted octanol–water partition coefficient (Wildman–Crippen LogP) is 4.64. The van der Waals surface area contributed by atoms with E-state index in [2.05, 4.69) is 5.32 Å². The van der Waals surface area contributed by atoms with E-state index in [-0.39, 0.29) is 10.8 Å². The number of amides is 1. The fourth-order valence-corrected chi connectivity index (χ4v) is 4.53. The summed E-state index contributed by atoms with van der Waals surface area (Å²) in [5.74, 6) is -0.288. The highest BCUT2D eigenvalue weighted by molar-refractivity contribution is 7.89. The fourth-order valence-electron chi connectivity index (χ4n) is 3.07. The minimum absolute atomic E-state index is 0.185. The van der Waals surface area contributed by atoms with E-state index in [9.17, 15) is 13.2 Å². The molecule has 1 N–H and O–H groups in total. The van der Waals surface area contributed by atoms with Crippen molar-refractivity contribution in [1.82, 2.24) is 4.31 Å². The predicted molar refractivity (Wildman–Crippen MR) is 116 cm³/mol. The SMILES string of the molecule is CCN(CC)S(=O)(=O)c1ccc(C(=O)Nc2ccc(-c3ccccc3)cc2)cc1. The van der Waals surface area contributed by atoms with Gasteiger partial charge in [-0.1, -0.05) is 56.3 Å². The Balaban J connectivity index is 1.71. The second-order valence-electron chi connectivity index (χ2n) is 6.51. The summed E-state index contributed by atoms with van der Waals surface area (Å²) in [5.41, 5.74) is 3.25. The van der Waals surface area contributed by atoms with Gasteiger partial charge < -0.3 is 5.32 Å². The van der Waals surface area contributed by atoms with Gasteiger partial charge in [-0.15, -0.1) is 0 Å². The van der Waals surface area contributed by atoms with Crippen molar-refractivity contribution in [2.24, 2.45) is 0 Å². The van der Waals surface area contributed by atoms with E-state index in [0.717, 1.165) is 11.1 Å². The van der Waals surface area contributed by atoms with Crippen molar-refractivity contribution in [3.8, 4) is 11.1 Å². The lowest BCUT2D eigenvalue weighted by molar-refractivity contribution is 0.102. The van der Waals surface area contributed by atoms with Gasteiger partial charge in [0.15, 0.2) is 0 Å². The van der Waals surface area contributed by atoms with Crippen molar-refractivity contribution >= 4 is 21.6 Å². The molecule has 0 aliphatic heterocycles. The third kappa shape index (κ3) is 4.72. The molecule has 0 saturated carbocycles. The van der Waals surface area contributed by atoms with Crippen molar-refractivity contribution < 1.29 is 13.2 Å². The molecule has 29 heavy (non-hydrogen) atoms. The second-order valence-corrected chi connectivity index (χ2v) is 8.45. The van der Waals surface area contributed by atoms with Crippen LogP contribution >= 0.6 is 0 Å². The maximum absolute atomic E-state index is 12.5. The van der Waals surface area contributed by atoms with Crippen LogP contribution in [0.4, 0.5) is 5.69 Å². The molecule has 0 heterocycles. The smallest absolute Gasteiger partial charge is 0.255 e. The highest BCUT2D eigenvalue weighted by Crippen LogP contribution is 2.22. The van der Waals surface area contributed by atoms with Crippen molar-refractivity contribution in [3.05, 3.63) is 84.4 Å². The highest BCUT2D eigenvalue weighted by Gasteiger charge is 2.21. The summed E-state index contributed by atoms with van der Waals surface area (Å²) in [4.78, 5) is 12.7. The molecule has 3 aromatic rings. The van der Waals surface area contributed by atoms with E-state index in [4.69, 9.17) is 0 Å². The van der Waals surface area contributed by atoms with Crippen LogP contribution < -0.4 is 5.32 Å². The molecule has 0 aromatic heterocycles. The summed E-state index contributed by atoms with van der Waals surface area (Å²) in [6.07, 6.45) is 0.